The van der Waals surface area contributed by atoms with Gasteiger partial charge in [0.1, 0.15) is 0 Å². The highest BCUT2D eigenvalue weighted by atomic mass is 16.2. The molecule has 0 atom stereocenters. The lowest BCUT2D eigenvalue weighted by molar-refractivity contribution is -0.123. The molecule has 0 radical (unpaired) electrons. The molecule has 1 heterocycles. The standard InChI is InChI=1S/C14H25N3O/c1-4-12(5-2)16-13(18)10-17-8-6-14(3,11-15)7-9-17/h12H,4-10H2,1-3H3,(H,16,18). The molecule has 1 aliphatic rings. The van der Waals surface area contributed by atoms with Gasteiger partial charge in [-0.1, -0.05) is 13.8 Å². The molecule has 1 aliphatic heterocycles. The number of amides is 1. The first-order valence-electron chi connectivity index (χ1n) is 6.96. The summed E-state index contributed by atoms with van der Waals surface area (Å²) < 4.78 is 0. The van der Waals surface area contributed by atoms with E-state index < -0.39 is 0 Å². The molecule has 4 nitrogen and oxygen atoms in total. The molecule has 0 aromatic rings. The van der Waals surface area contributed by atoms with Gasteiger partial charge in [0.05, 0.1) is 18.0 Å². The van der Waals surface area contributed by atoms with Crippen molar-refractivity contribution in [1.82, 2.24) is 10.2 Å². The van der Waals surface area contributed by atoms with Crippen LogP contribution in [0, 0.1) is 16.7 Å². The topological polar surface area (TPSA) is 56.1 Å². The van der Waals surface area contributed by atoms with Gasteiger partial charge in [0.25, 0.3) is 0 Å². The zero-order chi connectivity index (χ0) is 13.6. The normalized spacial score (nSPS) is 19.5. The Morgan fingerprint density at radius 1 is 1.39 bits per heavy atom. The van der Waals surface area contributed by atoms with Crippen LogP contribution in [-0.4, -0.2) is 36.5 Å². The van der Waals surface area contributed by atoms with Crippen molar-refractivity contribution < 1.29 is 4.79 Å². The minimum Gasteiger partial charge on any atom is -0.352 e. The molecule has 0 aromatic heterocycles. The quantitative estimate of drug-likeness (QED) is 0.812. The van der Waals surface area contributed by atoms with Crippen molar-refractivity contribution in [2.45, 2.75) is 52.5 Å². The van der Waals surface area contributed by atoms with Crippen molar-refractivity contribution in [2.75, 3.05) is 19.6 Å². The monoisotopic (exact) mass is 251 g/mol. The predicted molar refractivity (Wildman–Crippen MR) is 71.9 cm³/mol. The van der Waals surface area contributed by atoms with Gasteiger partial charge in [-0.3, -0.25) is 9.69 Å². The first kappa shape index (κ1) is 15.0. The second-order valence-electron chi connectivity index (χ2n) is 5.53. The Morgan fingerprint density at radius 2 is 1.94 bits per heavy atom. The van der Waals surface area contributed by atoms with Crippen LogP contribution in [0.15, 0.2) is 0 Å². The smallest absolute Gasteiger partial charge is 0.234 e. The van der Waals surface area contributed by atoms with Crippen LogP contribution in [0.4, 0.5) is 0 Å². The molecule has 0 bridgehead atoms. The van der Waals surface area contributed by atoms with E-state index in [2.05, 4.69) is 30.1 Å². The lowest BCUT2D eigenvalue weighted by Crippen LogP contribution is -2.45. The van der Waals surface area contributed by atoms with Gasteiger partial charge >= 0.3 is 0 Å². The van der Waals surface area contributed by atoms with E-state index in [4.69, 9.17) is 5.26 Å². The number of nitrogens with zero attached hydrogens (tertiary/aromatic N) is 2. The molecular weight excluding hydrogens is 226 g/mol. The van der Waals surface area contributed by atoms with Crippen molar-refractivity contribution in [3.8, 4) is 6.07 Å². The maximum atomic E-state index is 11.9. The Hall–Kier alpha value is -1.08. The van der Waals surface area contributed by atoms with Crippen LogP contribution < -0.4 is 5.32 Å². The van der Waals surface area contributed by atoms with Gasteiger partial charge < -0.3 is 5.32 Å². The highest BCUT2D eigenvalue weighted by Crippen LogP contribution is 2.29. The van der Waals surface area contributed by atoms with Crippen molar-refractivity contribution in [3.63, 3.8) is 0 Å². The zero-order valence-electron chi connectivity index (χ0n) is 11.8. The van der Waals surface area contributed by atoms with Gasteiger partial charge in [0.2, 0.25) is 5.91 Å². The number of carbonyl (C=O) groups excluding carboxylic acids is 1. The Morgan fingerprint density at radius 3 is 2.39 bits per heavy atom. The minimum atomic E-state index is -0.192. The van der Waals surface area contributed by atoms with Gasteiger partial charge in [-0.15, -0.1) is 0 Å². The summed E-state index contributed by atoms with van der Waals surface area (Å²) in [6, 6.07) is 2.68. The Bertz CT molecular complexity index is 309. The summed E-state index contributed by atoms with van der Waals surface area (Å²) in [5.41, 5.74) is -0.192. The average Bonchev–Trinajstić information content (AvgIpc) is 2.39. The van der Waals surface area contributed by atoms with E-state index in [1.807, 2.05) is 6.92 Å². The number of likely N-dealkylation sites (tertiary alicyclic amines) is 1. The summed E-state index contributed by atoms with van der Waals surface area (Å²) in [4.78, 5) is 14.0. The third-order valence-corrected chi connectivity index (χ3v) is 3.95. The number of nitrogens with one attached hydrogen (secondary N) is 1. The molecule has 0 spiro atoms. The first-order chi connectivity index (χ1) is 8.53. The lowest BCUT2D eigenvalue weighted by Gasteiger charge is -2.34. The molecule has 4 heteroatoms. The molecule has 1 N–H and O–H groups in total. The molecule has 1 saturated heterocycles. The van der Waals surface area contributed by atoms with Crippen LogP contribution in [0.3, 0.4) is 0 Å². The number of piperidine rings is 1. The molecule has 0 unspecified atom stereocenters. The van der Waals surface area contributed by atoms with Crippen LogP contribution in [0.1, 0.15) is 46.5 Å². The van der Waals surface area contributed by atoms with Gasteiger partial charge in [0.15, 0.2) is 0 Å². The number of rotatable bonds is 5. The molecular formula is C14H25N3O. The summed E-state index contributed by atoms with van der Waals surface area (Å²) in [6.07, 6.45) is 3.69. The maximum Gasteiger partial charge on any atom is 0.234 e. The van der Waals surface area contributed by atoms with E-state index in [1.54, 1.807) is 0 Å². The molecule has 0 aromatic carbocycles. The first-order valence-corrected chi connectivity index (χ1v) is 6.96. The van der Waals surface area contributed by atoms with Crippen LogP contribution in [0.25, 0.3) is 0 Å². The third kappa shape index (κ3) is 4.30. The summed E-state index contributed by atoms with van der Waals surface area (Å²) in [6.45, 7) is 8.36. The minimum absolute atomic E-state index is 0.115. The molecule has 1 amide bonds. The van der Waals surface area contributed by atoms with Crippen molar-refractivity contribution >= 4 is 5.91 Å². The number of nitriles is 1. The number of hydrogen-bond donors (Lipinski definition) is 1. The fraction of sp³-hybridized carbons (Fsp3) is 0.857. The van der Waals surface area contributed by atoms with E-state index in [0.717, 1.165) is 38.8 Å². The predicted octanol–water partition coefficient (Wildman–Crippen LogP) is 1.92. The molecule has 0 aliphatic carbocycles. The van der Waals surface area contributed by atoms with Gasteiger partial charge in [-0.2, -0.15) is 5.26 Å². The molecule has 18 heavy (non-hydrogen) atoms. The van der Waals surface area contributed by atoms with E-state index in [0.29, 0.717) is 12.6 Å². The van der Waals surface area contributed by atoms with Gasteiger partial charge in [0, 0.05) is 19.1 Å². The number of hydrogen-bond acceptors (Lipinski definition) is 3. The summed E-state index contributed by atoms with van der Waals surface area (Å²) in [5, 5.41) is 12.1. The van der Waals surface area contributed by atoms with Crippen LogP contribution in [0.5, 0.6) is 0 Å². The largest absolute Gasteiger partial charge is 0.352 e. The lowest BCUT2D eigenvalue weighted by atomic mass is 9.82. The molecule has 0 saturated carbocycles. The summed E-state index contributed by atoms with van der Waals surface area (Å²) >= 11 is 0. The second-order valence-corrected chi connectivity index (χ2v) is 5.53. The average molecular weight is 251 g/mol. The maximum absolute atomic E-state index is 11.9. The Kier molecular flexibility index (Phi) is 5.61. The zero-order valence-corrected chi connectivity index (χ0v) is 11.8. The fourth-order valence-electron chi connectivity index (χ4n) is 2.29. The van der Waals surface area contributed by atoms with E-state index in [-0.39, 0.29) is 11.3 Å². The molecule has 1 fully saturated rings. The van der Waals surface area contributed by atoms with E-state index >= 15 is 0 Å². The summed E-state index contributed by atoms with van der Waals surface area (Å²) in [7, 11) is 0. The number of carbonyl (C=O) groups is 1. The molecule has 1 rings (SSSR count). The van der Waals surface area contributed by atoms with E-state index in [1.165, 1.54) is 0 Å². The van der Waals surface area contributed by atoms with Crippen LogP contribution in [0.2, 0.25) is 0 Å². The van der Waals surface area contributed by atoms with Crippen LogP contribution >= 0.6 is 0 Å². The van der Waals surface area contributed by atoms with Crippen molar-refractivity contribution in [3.05, 3.63) is 0 Å². The van der Waals surface area contributed by atoms with Crippen molar-refractivity contribution in [2.24, 2.45) is 5.41 Å². The molecule has 102 valence electrons. The Labute approximate surface area is 110 Å². The van der Waals surface area contributed by atoms with Gasteiger partial charge in [-0.05, 0) is 32.6 Å². The highest BCUT2D eigenvalue weighted by Gasteiger charge is 2.30. The van der Waals surface area contributed by atoms with Gasteiger partial charge in [-0.25, -0.2) is 0 Å². The fourth-order valence-corrected chi connectivity index (χ4v) is 2.29. The van der Waals surface area contributed by atoms with E-state index in [9.17, 15) is 4.79 Å². The second kappa shape index (κ2) is 6.75. The third-order valence-electron chi connectivity index (χ3n) is 3.95. The Balaban J connectivity index is 2.33. The highest BCUT2D eigenvalue weighted by molar-refractivity contribution is 5.78. The van der Waals surface area contributed by atoms with Crippen molar-refractivity contribution in [1.29, 1.82) is 5.26 Å². The van der Waals surface area contributed by atoms with Crippen LogP contribution in [-0.2, 0) is 4.79 Å². The SMILES string of the molecule is CCC(CC)NC(=O)CN1CCC(C)(C#N)CC1. The summed E-state index contributed by atoms with van der Waals surface area (Å²) in [5.74, 6) is 0.115.